The Labute approximate surface area is 242 Å². The summed E-state index contributed by atoms with van der Waals surface area (Å²) in [6.07, 6.45) is 4.37. The summed E-state index contributed by atoms with van der Waals surface area (Å²) >= 11 is 0.931. The van der Waals surface area contributed by atoms with Gasteiger partial charge in [-0.2, -0.15) is 0 Å². The average Bonchev–Trinajstić information content (AvgIpc) is 3.48. The molecule has 1 atom stereocenters. The normalized spacial score (nSPS) is 15.0. The molecule has 1 aromatic heterocycles. The van der Waals surface area contributed by atoms with Gasteiger partial charge in [-0.3, -0.25) is 14.5 Å². The lowest BCUT2D eigenvalue weighted by Crippen LogP contribution is -2.31. The number of aromatic nitrogens is 1. The maximum Gasteiger partial charge on any atom is 0.350 e. The van der Waals surface area contributed by atoms with E-state index in [0.717, 1.165) is 16.9 Å². The Kier molecular flexibility index (Phi) is 9.36. The Morgan fingerprint density at radius 2 is 1.80 bits per heavy atom. The maximum atomic E-state index is 13.6. The molecule has 4 rings (SSSR count). The SMILES string of the molecule is C=CCOC(=O)c1sc(N2C(=O)C(O)=C(C(=O)C=Cc3ccccc3)C2c2ccc(OCC)c(OCC)c2)nc1C. The molecule has 0 radical (unpaired) electrons. The first-order chi connectivity index (χ1) is 19.8. The summed E-state index contributed by atoms with van der Waals surface area (Å²) in [5.74, 6) is -1.78. The van der Waals surface area contributed by atoms with Gasteiger partial charge in [0, 0.05) is 0 Å². The van der Waals surface area contributed by atoms with E-state index < -0.39 is 29.5 Å². The van der Waals surface area contributed by atoms with Gasteiger partial charge in [-0.1, -0.05) is 66.5 Å². The molecule has 0 saturated heterocycles. The molecular formula is C31H30N2O7S. The fraction of sp³-hybridized carbons (Fsp3) is 0.226. The van der Waals surface area contributed by atoms with E-state index in [9.17, 15) is 19.5 Å². The van der Waals surface area contributed by atoms with Crippen molar-refractivity contribution in [2.45, 2.75) is 26.8 Å². The Hall–Kier alpha value is -4.70. The van der Waals surface area contributed by atoms with E-state index in [2.05, 4.69) is 11.6 Å². The number of rotatable bonds is 12. The lowest BCUT2D eigenvalue weighted by molar-refractivity contribution is -0.117. The number of esters is 1. The van der Waals surface area contributed by atoms with Crippen molar-refractivity contribution in [3.05, 3.63) is 100 Å². The van der Waals surface area contributed by atoms with Gasteiger partial charge in [-0.05, 0) is 50.1 Å². The summed E-state index contributed by atoms with van der Waals surface area (Å²) in [4.78, 5) is 45.6. The Morgan fingerprint density at radius 3 is 2.49 bits per heavy atom. The molecular weight excluding hydrogens is 544 g/mol. The molecule has 0 spiro atoms. The molecule has 0 aliphatic carbocycles. The van der Waals surface area contributed by atoms with Crippen LogP contribution in [0.15, 0.2) is 78.6 Å². The molecule has 1 N–H and O–H groups in total. The van der Waals surface area contributed by atoms with Crippen molar-refractivity contribution in [1.29, 1.82) is 0 Å². The van der Waals surface area contributed by atoms with E-state index in [-0.39, 0.29) is 22.2 Å². The number of anilines is 1. The maximum absolute atomic E-state index is 13.6. The summed E-state index contributed by atoms with van der Waals surface area (Å²) in [5.41, 5.74) is 1.47. The number of thiazole rings is 1. The van der Waals surface area contributed by atoms with E-state index in [1.54, 1.807) is 31.2 Å². The molecule has 1 amide bonds. The topological polar surface area (TPSA) is 115 Å². The van der Waals surface area contributed by atoms with Crippen molar-refractivity contribution in [1.82, 2.24) is 4.98 Å². The highest BCUT2D eigenvalue weighted by Crippen LogP contribution is 2.45. The van der Waals surface area contributed by atoms with Crippen LogP contribution in [0.4, 0.5) is 5.13 Å². The number of nitrogens with zero attached hydrogens (tertiary/aromatic N) is 2. The van der Waals surface area contributed by atoms with Gasteiger partial charge in [0.25, 0.3) is 5.91 Å². The number of aliphatic hydroxyl groups excluding tert-OH is 1. The number of amides is 1. The smallest absolute Gasteiger partial charge is 0.350 e. The summed E-state index contributed by atoms with van der Waals surface area (Å²) < 4.78 is 16.6. The molecule has 2 heterocycles. The van der Waals surface area contributed by atoms with Gasteiger partial charge in [0.2, 0.25) is 0 Å². The minimum atomic E-state index is -1.06. The van der Waals surface area contributed by atoms with Gasteiger partial charge in [0.1, 0.15) is 11.5 Å². The second-order valence-electron chi connectivity index (χ2n) is 8.82. The Bertz CT molecular complexity index is 1520. The average molecular weight is 575 g/mol. The molecule has 212 valence electrons. The second-order valence-corrected chi connectivity index (χ2v) is 9.80. The van der Waals surface area contributed by atoms with Gasteiger partial charge in [0.05, 0.1) is 30.5 Å². The minimum absolute atomic E-state index is 0.0118. The molecule has 10 heteroatoms. The number of allylic oxidation sites excluding steroid dienone is 1. The molecule has 41 heavy (non-hydrogen) atoms. The van der Waals surface area contributed by atoms with Crippen LogP contribution in [0, 0.1) is 6.92 Å². The highest BCUT2D eigenvalue weighted by Gasteiger charge is 2.45. The zero-order chi connectivity index (χ0) is 29.5. The number of carbonyl (C=O) groups excluding carboxylic acids is 3. The third-order valence-electron chi connectivity index (χ3n) is 6.09. The number of hydrogen-bond donors (Lipinski definition) is 1. The first kappa shape index (κ1) is 29.3. The predicted octanol–water partition coefficient (Wildman–Crippen LogP) is 5.77. The van der Waals surface area contributed by atoms with Crippen LogP contribution < -0.4 is 14.4 Å². The van der Waals surface area contributed by atoms with E-state index in [0.29, 0.717) is 36.0 Å². The Morgan fingerprint density at radius 1 is 1.10 bits per heavy atom. The standard InChI is InChI=1S/C31H30N2O7S/c1-5-17-40-30(37)28-19(4)32-31(41-28)33-26(21-14-16-23(38-6-2)24(18-21)39-7-3)25(27(35)29(33)36)22(34)15-13-20-11-9-8-10-12-20/h5,8-16,18,26,35H,1,6-7,17H2,2-4H3. The molecule has 1 unspecified atom stereocenters. The Balaban J connectivity index is 1.83. The first-order valence-corrected chi connectivity index (χ1v) is 13.8. The summed E-state index contributed by atoms with van der Waals surface area (Å²) in [6.45, 7) is 9.61. The monoisotopic (exact) mass is 574 g/mol. The molecule has 9 nitrogen and oxygen atoms in total. The minimum Gasteiger partial charge on any atom is -0.503 e. The number of aliphatic hydroxyl groups is 1. The fourth-order valence-corrected chi connectivity index (χ4v) is 5.30. The lowest BCUT2D eigenvalue weighted by Gasteiger charge is -2.25. The number of ether oxygens (including phenoxy) is 3. The van der Waals surface area contributed by atoms with E-state index >= 15 is 0 Å². The molecule has 3 aromatic rings. The third kappa shape index (κ3) is 6.22. The number of ketones is 1. The zero-order valence-electron chi connectivity index (χ0n) is 23.0. The second kappa shape index (κ2) is 13.1. The predicted molar refractivity (Wildman–Crippen MR) is 156 cm³/mol. The lowest BCUT2D eigenvalue weighted by atomic mass is 9.95. The van der Waals surface area contributed by atoms with Gasteiger partial charge in [0.15, 0.2) is 28.2 Å². The van der Waals surface area contributed by atoms with Crippen LogP contribution >= 0.6 is 11.3 Å². The fourth-order valence-electron chi connectivity index (χ4n) is 4.31. The third-order valence-corrected chi connectivity index (χ3v) is 7.23. The molecule has 0 fully saturated rings. The van der Waals surface area contributed by atoms with Crippen LogP contribution in [0.3, 0.4) is 0 Å². The van der Waals surface area contributed by atoms with Crippen molar-refractivity contribution < 1.29 is 33.7 Å². The van der Waals surface area contributed by atoms with Gasteiger partial charge in [-0.25, -0.2) is 9.78 Å². The van der Waals surface area contributed by atoms with Crippen molar-refractivity contribution in [3.63, 3.8) is 0 Å². The highest BCUT2D eigenvalue weighted by atomic mass is 32.1. The van der Waals surface area contributed by atoms with Gasteiger partial charge < -0.3 is 19.3 Å². The molecule has 1 aliphatic rings. The molecule has 0 saturated carbocycles. The van der Waals surface area contributed by atoms with Crippen LogP contribution in [-0.4, -0.2) is 47.6 Å². The first-order valence-electron chi connectivity index (χ1n) is 13.0. The van der Waals surface area contributed by atoms with E-state index in [1.807, 2.05) is 44.2 Å². The van der Waals surface area contributed by atoms with E-state index in [4.69, 9.17) is 14.2 Å². The van der Waals surface area contributed by atoms with Crippen LogP contribution in [0.25, 0.3) is 6.08 Å². The zero-order valence-corrected chi connectivity index (χ0v) is 23.8. The highest BCUT2D eigenvalue weighted by molar-refractivity contribution is 7.17. The van der Waals surface area contributed by atoms with E-state index in [1.165, 1.54) is 17.1 Å². The molecule has 1 aliphatic heterocycles. The van der Waals surface area contributed by atoms with Crippen LogP contribution in [-0.2, 0) is 14.3 Å². The van der Waals surface area contributed by atoms with Crippen molar-refractivity contribution in [3.8, 4) is 11.5 Å². The number of hydrogen-bond acceptors (Lipinski definition) is 9. The summed E-state index contributed by atoms with van der Waals surface area (Å²) in [5, 5.41) is 11.2. The quantitative estimate of drug-likeness (QED) is 0.165. The number of aryl methyl sites for hydroxylation is 1. The molecule has 0 bridgehead atoms. The van der Waals surface area contributed by atoms with Crippen LogP contribution in [0.2, 0.25) is 0 Å². The van der Waals surface area contributed by atoms with Crippen molar-refractivity contribution >= 4 is 40.2 Å². The van der Waals surface area contributed by atoms with Crippen molar-refractivity contribution in [2.75, 3.05) is 24.7 Å². The largest absolute Gasteiger partial charge is 0.503 e. The van der Waals surface area contributed by atoms with Crippen LogP contribution in [0.1, 0.15) is 46.4 Å². The number of carbonyl (C=O) groups is 3. The van der Waals surface area contributed by atoms with Gasteiger partial charge >= 0.3 is 5.97 Å². The number of benzene rings is 2. The molecule has 2 aromatic carbocycles. The van der Waals surface area contributed by atoms with Gasteiger partial charge in [-0.15, -0.1) is 0 Å². The van der Waals surface area contributed by atoms with Crippen molar-refractivity contribution in [2.24, 2.45) is 0 Å². The van der Waals surface area contributed by atoms with Crippen LogP contribution in [0.5, 0.6) is 11.5 Å². The summed E-state index contributed by atoms with van der Waals surface area (Å²) in [6, 6.07) is 13.2. The summed E-state index contributed by atoms with van der Waals surface area (Å²) in [7, 11) is 0.